The average Bonchev–Trinajstić information content (AvgIpc) is 3.39. The standard InChI is InChI=1S/C24H15N7/c1-2-6-19-17(16(5-1)15-4-3-7-25-12-15)10-21(29-19)24-18-11-20(23-13-26-8-9-27-23)28-14-22(18)30-31-24/h1,3-14,29H,(H,30,31). The van der Waals surface area contributed by atoms with E-state index in [2.05, 4.69) is 59.1 Å². The van der Waals surface area contributed by atoms with E-state index in [1.54, 1.807) is 31.0 Å². The van der Waals surface area contributed by atoms with E-state index >= 15 is 0 Å². The van der Waals surface area contributed by atoms with Crippen molar-refractivity contribution in [3.63, 3.8) is 0 Å². The SMILES string of the molecule is C1=CC=C(c2cccnc2)c2cc(-c3n[nH]c4cnc(-c5cnccn5)cc34)[nH]c2C=1. The third-order valence-corrected chi connectivity index (χ3v) is 5.21. The molecular weight excluding hydrogens is 386 g/mol. The van der Waals surface area contributed by atoms with Crippen LogP contribution in [0.5, 0.6) is 0 Å². The number of nitrogens with zero attached hydrogens (tertiary/aromatic N) is 5. The summed E-state index contributed by atoms with van der Waals surface area (Å²) >= 11 is 0. The van der Waals surface area contributed by atoms with E-state index in [1.807, 2.05) is 30.5 Å². The van der Waals surface area contributed by atoms with Crippen LogP contribution in [0.25, 0.3) is 45.3 Å². The van der Waals surface area contributed by atoms with E-state index in [0.29, 0.717) is 5.69 Å². The van der Waals surface area contributed by atoms with Crippen LogP contribution in [-0.4, -0.2) is 35.1 Å². The van der Waals surface area contributed by atoms with Gasteiger partial charge in [0.1, 0.15) is 11.4 Å². The minimum Gasteiger partial charge on any atom is -0.353 e. The van der Waals surface area contributed by atoms with Gasteiger partial charge in [0.15, 0.2) is 0 Å². The number of fused-ring (bicyclic) bond motifs is 2. The highest BCUT2D eigenvalue weighted by Gasteiger charge is 2.18. The number of hydrogen-bond acceptors (Lipinski definition) is 5. The largest absolute Gasteiger partial charge is 0.353 e. The lowest BCUT2D eigenvalue weighted by molar-refractivity contribution is 1.11. The molecule has 0 saturated carbocycles. The van der Waals surface area contributed by atoms with Gasteiger partial charge >= 0.3 is 0 Å². The van der Waals surface area contributed by atoms with E-state index in [9.17, 15) is 0 Å². The second-order valence-corrected chi connectivity index (χ2v) is 7.09. The number of hydrogen-bond donors (Lipinski definition) is 2. The molecule has 1 aliphatic rings. The highest BCUT2D eigenvalue weighted by Crippen LogP contribution is 2.34. The molecular formula is C24H15N7. The molecule has 0 saturated heterocycles. The summed E-state index contributed by atoms with van der Waals surface area (Å²) < 4.78 is 0. The summed E-state index contributed by atoms with van der Waals surface area (Å²) in [6.07, 6.45) is 16.3. The van der Waals surface area contributed by atoms with E-state index in [-0.39, 0.29) is 0 Å². The minimum atomic E-state index is 0.716. The lowest BCUT2D eigenvalue weighted by atomic mass is 9.99. The average molecular weight is 401 g/mol. The Balaban J connectivity index is 1.49. The summed E-state index contributed by atoms with van der Waals surface area (Å²) in [5.41, 5.74) is 11.4. The molecule has 146 valence electrons. The first kappa shape index (κ1) is 17.3. The fraction of sp³-hybridized carbons (Fsp3) is 0. The monoisotopic (exact) mass is 401 g/mol. The summed E-state index contributed by atoms with van der Waals surface area (Å²) in [7, 11) is 0. The molecule has 0 fully saturated rings. The van der Waals surface area contributed by atoms with Crippen molar-refractivity contribution in [2.24, 2.45) is 0 Å². The van der Waals surface area contributed by atoms with Gasteiger partial charge in [-0.3, -0.25) is 25.0 Å². The van der Waals surface area contributed by atoms with Gasteiger partial charge in [0.2, 0.25) is 0 Å². The predicted molar refractivity (Wildman–Crippen MR) is 119 cm³/mol. The molecule has 0 aromatic carbocycles. The van der Waals surface area contributed by atoms with Crippen molar-refractivity contribution < 1.29 is 0 Å². The van der Waals surface area contributed by atoms with Crippen LogP contribution in [0.3, 0.4) is 0 Å². The van der Waals surface area contributed by atoms with Gasteiger partial charge in [-0.2, -0.15) is 5.10 Å². The molecule has 2 N–H and O–H groups in total. The van der Waals surface area contributed by atoms with Crippen LogP contribution >= 0.6 is 0 Å². The second kappa shape index (κ2) is 7.02. The van der Waals surface area contributed by atoms with Crippen LogP contribution in [0, 0.1) is 0 Å². The maximum atomic E-state index is 4.56. The van der Waals surface area contributed by atoms with Crippen LogP contribution in [0.2, 0.25) is 0 Å². The molecule has 7 heteroatoms. The number of aromatic amines is 2. The number of allylic oxidation sites excluding steroid dienone is 2. The Hall–Kier alpha value is -4.61. The Bertz CT molecular complexity index is 1500. The molecule has 5 aromatic heterocycles. The zero-order chi connectivity index (χ0) is 20.6. The van der Waals surface area contributed by atoms with Gasteiger partial charge in [-0.25, -0.2) is 0 Å². The Morgan fingerprint density at radius 2 is 1.87 bits per heavy atom. The van der Waals surface area contributed by atoms with Crippen LogP contribution in [0.4, 0.5) is 0 Å². The molecule has 6 rings (SSSR count). The van der Waals surface area contributed by atoms with Gasteiger partial charge < -0.3 is 4.98 Å². The highest BCUT2D eigenvalue weighted by molar-refractivity contribution is 5.95. The number of H-pyrrole nitrogens is 2. The Labute approximate surface area is 177 Å². The molecule has 0 atom stereocenters. The van der Waals surface area contributed by atoms with Crippen molar-refractivity contribution in [1.29, 1.82) is 0 Å². The van der Waals surface area contributed by atoms with Crippen molar-refractivity contribution in [2.45, 2.75) is 0 Å². The number of nitrogens with one attached hydrogen (secondary N) is 2. The molecule has 5 aromatic rings. The summed E-state index contributed by atoms with van der Waals surface area (Å²) in [6, 6.07) is 8.09. The first-order valence-electron chi connectivity index (χ1n) is 9.74. The minimum absolute atomic E-state index is 0.716. The Kier molecular flexibility index (Phi) is 3.91. The van der Waals surface area contributed by atoms with E-state index in [1.165, 1.54) is 0 Å². The molecule has 5 heterocycles. The van der Waals surface area contributed by atoms with E-state index in [0.717, 1.165) is 50.4 Å². The quantitative estimate of drug-likeness (QED) is 0.436. The van der Waals surface area contributed by atoms with Crippen molar-refractivity contribution in [2.75, 3.05) is 0 Å². The number of aromatic nitrogens is 7. The van der Waals surface area contributed by atoms with Crippen molar-refractivity contribution in [1.82, 2.24) is 35.1 Å². The molecule has 0 unspecified atom stereocenters. The number of pyridine rings is 2. The zero-order valence-corrected chi connectivity index (χ0v) is 16.2. The maximum Gasteiger partial charge on any atom is 0.116 e. The van der Waals surface area contributed by atoms with Crippen LogP contribution in [0.15, 0.2) is 79.3 Å². The zero-order valence-electron chi connectivity index (χ0n) is 16.2. The third kappa shape index (κ3) is 2.97. The first-order valence-corrected chi connectivity index (χ1v) is 9.74. The third-order valence-electron chi connectivity index (χ3n) is 5.21. The summed E-state index contributed by atoms with van der Waals surface area (Å²) in [5, 5.41) is 8.59. The van der Waals surface area contributed by atoms with Crippen molar-refractivity contribution in [3.8, 4) is 22.8 Å². The van der Waals surface area contributed by atoms with Gasteiger partial charge in [0.25, 0.3) is 0 Å². The van der Waals surface area contributed by atoms with Gasteiger partial charge in [-0.1, -0.05) is 6.07 Å². The van der Waals surface area contributed by atoms with Crippen molar-refractivity contribution >= 4 is 22.6 Å². The Morgan fingerprint density at radius 1 is 0.903 bits per heavy atom. The van der Waals surface area contributed by atoms with E-state index < -0.39 is 0 Å². The van der Waals surface area contributed by atoms with Crippen molar-refractivity contribution in [3.05, 3.63) is 96.2 Å². The second-order valence-electron chi connectivity index (χ2n) is 7.09. The van der Waals surface area contributed by atoms with Crippen LogP contribution < -0.4 is 0 Å². The predicted octanol–water partition coefficient (Wildman–Crippen LogP) is 4.42. The fourth-order valence-electron chi connectivity index (χ4n) is 3.75. The maximum absolute atomic E-state index is 4.56. The summed E-state index contributed by atoms with van der Waals surface area (Å²) in [5.74, 6) is 0. The van der Waals surface area contributed by atoms with E-state index in [4.69, 9.17) is 0 Å². The molecule has 0 aliphatic heterocycles. The lowest BCUT2D eigenvalue weighted by Crippen LogP contribution is -1.88. The molecule has 0 spiro atoms. The lowest BCUT2D eigenvalue weighted by Gasteiger charge is -2.05. The van der Waals surface area contributed by atoms with Gasteiger partial charge in [-0.05, 0) is 35.9 Å². The molecule has 0 radical (unpaired) electrons. The smallest absolute Gasteiger partial charge is 0.116 e. The normalized spacial score (nSPS) is 12.6. The molecule has 31 heavy (non-hydrogen) atoms. The molecule has 0 bridgehead atoms. The molecule has 7 nitrogen and oxygen atoms in total. The van der Waals surface area contributed by atoms with Gasteiger partial charge in [-0.15, -0.1) is 5.73 Å². The van der Waals surface area contributed by atoms with Gasteiger partial charge in [0.05, 0.1) is 35.0 Å². The van der Waals surface area contributed by atoms with Gasteiger partial charge in [0, 0.05) is 47.4 Å². The summed E-state index contributed by atoms with van der Waals surface area (Å²) in [4.78, 5) is 20.8. The molecule has 0 amide bonds. The number of rotatable bonds is 3. The first-order chi connectivity index (χ1) is 15.4. The Morgan fingerprint density at radius 3 is 2.74 bits per heavy atom. The summed E-state index contributed by atoms with van der Waals surface area (Å²) in [6.45, 7) is 0. The molecule has 1 aliphatic carbocycles. The highest BCUT2D eigenvalue weighted by atomic mass is 15.1. The van der Waals surface area contributed by atoms with Crippen LogP contribution in [0.1, 0.15) is 16.8 Å². The fourth-order valence-corrected chi connectivity index (χ4v) is 3.75. The topological polar surface area (TPSA) is 96.0 Å². The van der Waals surface area contributed by atoms with Crippen LogP contribution in [-0.2, 0) is 0 Å².